The minimum Gasteiger partial charge on any atom is -0.753 e. The van der Waals surface area contributed by atoms with E-state index in [1.165, 1.54) is 17.4 Å². The molecule has 0 amide bonds. The van der Waals surface area contributed by atoms with Crippen molar-refractivity contribution in [1.82, 2.24) is 9.13 Å². The summed E-state index contributed by atoms with van der Waals surface area (Å²) in [6.45, 7) is 6.36. The van der Waals surface area contributed by atoms with E-state index in [-0.39, 0.29) is 0 Å². The van der Waals surface area contributed by atoms with E-state index < -0.39 is 0 Å². The third kappa shape index (κ3) is 14.0. The Morgan fingerprint density at radius 2 is 1.42 bits per heavy atom. The number of aromatic nitrogens is 4. The Labute approximate surface area is 148 Å². The number of nitrogens with zero attached hydrogens (tertiary/aromatic N) is 8. The van der Waals surface area contributed by atoms with Gasteiger partial charge in [-0.2, -0.15) is 10.4 Å². The van der Waals surface area contributed by atoms with E-state index in [1.54, 1.807) is 0 Å². The summed E-state index contributed by atoms with van der Waals surface area (Å²) in [7, 11) is 4.04. The molecular weight excluding hydrogens is 324 g/mol. The highest BCUT2D eigenvalue weighted by atomic mass is 32.1. The maximum atomic E-state index is 7.43. The quantitative estimate of drug-likeness (QED) is 0.356. The van der Waals surface area contributed by atoms with Gasteiger partial charge >= 0.3 is 0 Å². The molecule has 2 aromatic rings. The molecule has 0 aliphatic rings. The number of aryl methyl sites for hydroxylation is 4. The fourth-order valence-corrected chi connectivity index (χ4v) is 1.40. The van der Waals surface area contributed by atoms with Gasteiger partial charge in [0.05, 0.1) is 33.4 Å². The summed E-state index contributed by atoms with van der Waals surface area (Å²) in [5, 5.41) is 23.3. The Hall–Kier alpha value is -2.91. The molecule has 0 radical (unpaired) electrons. The molecule has 2 rings (SSSR count). The first-order valence-corrected chi connectivity index (χ1v) is 7.40. The highest BCUT2D eigenvalue weighted by Gasteiger charge is 1.92. The Balaban J connectivity index is 0. The normalized spacial score (nSPS) is 7.62. The second-order valence-corrected chi connectivity index (χ2v) is 4.40. The smallest absolute Gasteiger partial charge is 0.243 e. The molecule has 24 heavy (non-hydrogen) atoms. The third-order valence-electron chi connectivity index (χ3n) is 2.48. The van der Waals surface area contributed by atoms with E-state index in [0.717, 1.165) is 13.1 Å². The number of thiocarbonyl (C=S) groups is 1. The number of nitriles is 1. The van der Waals surface area contributed by atoms with Crippen LogP contribution in [0.2, 0.25) is 0 Å². The average Bonchev–Trinajstić information content (AvgIpc) is 3.18. The molecule has 0 bridgehead atoms. The number of imidazole rings is 2. The van der Waals surface area contributed by atoms with Crippen LogP contribution in [-0.4, -0.2) is 20.3 Å². The third-order valence-corrected chi connectivity index (χ3v) is 2.48. The first-order valence-electron chi connectivity index (χ1n) is 7.00. The SMILES string of the molecule is CCn1cc[n+](C)c1.CCn1cc[n+](C)c1.N#CN=C=[N-].[N-]=C=S. The fraction of sp³-hybridized carbons (Fsp3) is 0.400. The number of hydrogen-bond donors (Lipinski definition) is 0. The zero-order valence-corrected chi connectivity index (χ0v) is 15.2. The van der Waals surface area contributed by atoms with Crippen molar-refractivity contribution in [3.63, 3.8) is 0 Å². The van der Waals surface area contributed by atoms with E-state index in [2.05, 4.69) is 65.2 Å². The predicted octanol–water partition coefficient (Wildman–Crippen LogP) is 1.53. The van der Waals surface area contributed by atoms with Crippen LogP contribution in [-0.2, 0) is 27.2 Å². The zero-order valence-electron chi connectivity index (χ0n) is 14.4. The van der Waals surface area contributed by atoms with Crippen molar-refractivity contribution in [3.8, 4) is 6.19 Å². The number of aliphatic imine (C=N–C) groups is 1. The lowest BCUT2D eigenvalue weighted by Crippen LogP contribution is -2.23. The second kappa shape index (κ2) is 16.5. The van der Waals surface area contributed by atoms with Crippen molar-refractivity contribution in [2.75, 3.05) is 0 Å². The maximum Gasteiger partial charge on any atom is 0.243 e. The number of rotatable bonds is 2. The van der Waals surface area contributed by atoms with Crippen molar-refractivity contribution in [3.05, 3.63) is 48.3 Å². The molecule has 9 heteroatoms. The standard InChI is InChI=1S/2C6H11N2.C2N3.CNS/c2*1-3-8-5-4-7(2)6-8;3-1-5-2-4;2-1-3/h2*4-6H,3H2,1-2H3;;/q2*+1;2*-1. The van der Waals surface area contributed by atoms with Crippen LogP contribution >= 0.6 is 12.2 Å². The molecule has 0 aromatic carbocycles. The van der Waals surface area contributed by atoms with Crippen molar-refractivity contribution in [2.24, 2.45) is 19.1 Å². The summed E-state index contributed by atoms with van der Waals surface area (Å²) in [5.41, 5.74) is 0. The lowest BCUT2D eigenvalue weighted by molar-refractivity contribution is -0.671. The molecule has 0 fully saturated rings. The summed E-state index contributed by atoms with van der Waals surface area (Å²) in [6, 6.07) is 1.28. The van der Waals surface area contributed by atoms with Crippen LogP contribution in [0.4, 0.5) is 0 Å². The van der Waals surface area contributed by atoms with E-state index in [4.69, 9.17) is 16.1 Å². The lowest BCUT2D eigenvalue weighted by Gasteiger charge is -1.81. The maximum absolute atomic E-state index is 7.43. The first-order chi connectivity index (χ1) is 11.5. The molecular formula is C15H22N8S. The van der Waals surface area contributed by atoms with Gasteiger partial charge in [0.25, 0.3) is 0 Å². The highest BCUT2D eigenvalue weighted by Crippen LogP contribution is 1.79. The van der Waals surface area contributed by atoms with Gasteiger partial charge in [-0.3, -0.25) is 0 Å². The molecule has 128 valence electrons. The Morgan fingerprint density at radius 3 is 1.50 bits per heavy atom. The largest absolute Gasteiger partial charge is 0.753 e. The molecule has 2 aromatic heterocycles. The van der Waals surface area contributed by atoms with Gasteiger partial charge in [0.2, 0.25) is 12.7 Å². The number of hydrogen-bond acceptors (Lipinski definition) is 3. The van der Waals surface area contributed by atoms with Gasteiger partial charge in [0.15, 0.2) is 0 Å². The van der Waals surface area contributed by atoms with E-state index >= 15 is 0 Å². The minimum absolute atomic E-state index is 1.06. The van der Waals surface area contributed by atoms with E-state index in [0.29, 0.717) is 0 Å². The minimum atomic E-state index is 1.06. The zero-order chi connectivity index (χ0) is 18.8. The fourth-order valence-electron chi connectivity index (χ4n) is 1.40. The van der Waals surface area contributed by atoms with Crippen molar-refractivity contribution in [1.29, 1.82) is 5.26 Å². The van der Waals surface area contributed by atoms with Crippen LogP contribution in [0.5, 0.6) is 0 Å². The summed E-state index contributed by atoms with van der Waals surface area (Å²) in [4.78, 5) is 2.58. The second-order valence-electron chi connectivity index (χ2n) is 4.22. The molecule has 0 saturated heterocycles. The summed E-state index contributed by atoms with van der Waals surface area (Å²) in [5.74, 6) is 0. The van der Waals surface area contributed by atoms with Gasteiger partial charge < -0.3 is 15.8 Å². The Morgan fingerprint density at radius 1 is 1.04 bits per heavy atom. The average molecular weight is 346 g/mol. The predicted molar refractivity (Wildman–Crippen MR) is 94.9 cm³/mol. The number of isothiocyanates is 1. The van der Waals surface area contributed by atoms with E-state index in [1.807, 2.05) is 35.6 Å². The molecule has 0 atom stereocenters. The highest BCUT2D eigenvalue weighted by molar-refractivity contribution is 7.78. The molecule has 0 N–H and O–H groups in total. The Kier molecular flexibility index (Phi) is 16.0. The van der Waals surface area contributed by atoms with Crippen molar-refractivity contribution in [2.45, 2.75) is 26.9 Å². The topological polar surface area (TPSA) is 98.4 Å². The summed E-state index contributed by atoms with van der Waals surface area (Å²) < 4.78 is 8.31. The first kappa shape index (κ1) is 23.4. The summed E-state index contributed by atoms with van der Waals surface area (Å²) >= 11 is 3.70. The monoisotopic (exact) mass is 346 g/mol. The van der Waals surface area contributed by atoms with Gasteiger partial charge in [0, 0.05) is 0 Å². The van der Waals surface area contributed by atoms with Crippen LogP contribution in [0.1, 0.15) is 13.8 Å². The van der Waals surface area contributed by atoms with Gasteiger partial charge in [0.1, 0.15) is 24.8 Å². The Bertz CT molecular complexity index is 642. The molecule has 0 aliphatic carbocycles. The van der Waals surface area contributed by atoms with Gasteiger partial charge in [-0.1, -0.05) is 12.2 Å². The van der Waals surface area contributed by atoms with Gasteiger partial charge in [-0.25, -0.2) is 18.3 Å². The van der Waals surface area contributed by atoms with Gasteiger partial charge in [-0.05, 0) is 13.8 Å². The molecule has 0 unspecified atom stereocenters. The van der Waals surface area contributed by atoms with Gasteiger partial charge in [-0.15, -0.1) is 6.01 Å². The molecule has 2 heterocycles. The van der Waals surface area contributed by atoms with Crippen LogP contribution < -0.4 is 9.13 Å². The van der Waals surface area contributed by atoms with Crippen molar-refractivity contribution >= 4 is 23.4 Å². The van der Waals surface area contributed by atoms with E-state index in [9.17, 15) is 0 Å². The molecule has 0 spiro atoms. The lowest BCUT2D eigenvalue weighted by atomic mass is 10.7. The van der Waals surface area contributed by atoms with Crippen LogP contribution in [0, 0.1) is 11.5 Å². The van der Waals surface area contributed by atoms with Crippen LogP contribution in [0.25, 0.3) is 10.8 Å². The summed E-state index contributed by atoms with van der Waals surface area (Å²) in [6.07, 6.45) is 13.6. The van der Waals surface area contributed by atoms with Crippen molar-refractivity contribution < 1.29 is 9.13 Å². The van der Waals surface area contributed by atoms with Crippen LogP contribution in [0.15, 0.2) is 42.4 Å². The molecule has 0 saturated carbocycles. The van der Waals surface area contributed by atoms with Crippen LogP contribution in [0.3, 0.4) is 0 Å². The molecule has 0 aliphatic heterocycles. The molecule has 8 nitrogen and oxygen atoms in total.